The normalized spacial score (nSPS) is 40.8. The highest BCUT2D eigenvalue weighted by Crippen LogP contribution is 2.37. The average molecular weight is 569 g/mol. The fraction of sp³-hybridized carbons (Fsp3) is 0.960. The first kappa shape index (κ1) is 29.2. The number of rotatable bonds is 5. The molecule has 4 heterocycles. The van der Waals surface area contributed by atoms with Gasteiger partial charge in [-0.15, -0.1) is 0 Å². The molecule has 1 aliphatic carbocycles. The van der Waals surface area contributed by atoms with E-state index in [4.69, 9.17) is 5.41 Å². The highest BCUT2D eigenvalue weighted by molar-refractivity contribution is 5.80. The summed E-state index contributed by atoms with van der Waals surface area (Å²) in [6.07, 6.45) is -5.15. The minimum absolute atomic E-state index is 0.00153. The van der Waals surface area contributed by atoms with Crippen molar-refractivity contribution in [1.29, 1.82) is 5.41 Å². The number of alkyl halides is 6. The van der Waals surface area contributed by atoms with Crippen LogP contribution in [0.4, 0.5) is 26.3 Å². The number of hydrogen-bond donors (Lipinski definition) is 5. The van der Waals surface area contributed by atoms with Gasteiger partial charge in [-0.05, 0) is 64.0 Å². The Balaban J connectivity index is 1.19. The molecule has 0 spiro atoms. The standard InChI is InChI=1S/C25H42F6N8/c1-37-13-19(25(29,30)31)35-21(37)15-7-5-14(6-8-15)12-39-22-18(38(2)23(39)32)11-34-20(36-22)16-4-3-9-33-17(16)10-24(26,27)28/h14-22,32-36H,3-13H2,1-2H3. The molecule has 0 radical (unpaired) electrons. The molecule has 4 saturated heterocycles. The largest absolute Gasteiger partial charge is 0.405 e. The Morgan fingerprint density at radius 2 is 1.64 bits per heavy atom. The lowest BCUT2D eigenvalue weighted by atomic mass is 9.80. The van der Waals surface area contributed by atoms with Gasteiger partial charge in [0.05, 0.1) is 24.8 Å². The van der Waals surface area contributed by atoms with E-state index in [1.807, 2.05) is 11.9 Å². The Kier molecular flexibility index (Phi) is 8.33. The van der Waals surface area contributed by atoms with Crippen LogP contribution in [0.15, 0.2) is 0 Å². The first-order chi connectivity index (χ1) is 18.3. The van der Waals surface area contributed by atoms with Crippen molar-refractivity contribution in [2.45, 2.75) is 93.9 Å². The van der Waals surface area contributed by atoms with E-state index in [-0.39, 0.29) is 42.9 Å². The highest BCUT2D eigenvalue weighted by atomic mass is 19.4. The van der Waals surface area contributed by atoms with Crippen LogP contribution in [0.25, 0.3) is 0 Å². The Bertz CT molecular complexity index is 862. The van der Waals surface area contributed by atoms with Crippen molar-refractivity contribution in [3.8, 4) is 0 Å². The van der Waals surface area contributed by atoms with E-state index in [0.717, 1.165) is 32.1 Å². The van der Waals surface area contributed by atoms with Crippen molar-refractivity contribution in [1.82, 2.24) is 36.0 Å². The van der Waals surface area contributed by atoms with Gasteiger partial charge in [-0.3, -0.25) is 26.3 Å². The van der Waals surface area contributed by atoms with Crippen molar-refractivity contribution in [3.05, 3.63) is 0 Å². The van der Waals surface area contributed by atoms with Gasteiger partial charge in [0, 0.05) is 38.6 Å². The van der Waals surface area contributed by atoms with E-state index >= 15 is 0 Å². The summed E-state index contributed by atoms with van der Waals surface area (Å²) in [5, 5.41) is 21.7. The molecule has 0 bridgehead atoms. The summed E-state index contributed by atoms with van der Waals surface area (Å²) in [6, 6.07) is -2.14. The molecule has 7 atom stereocenters. The first-order valence-corrected chi connectivity index (χ1v) is 14.2. The van der Waals surface area contributed by atoms with Gasteiger partial charge in [0.25, 0.3) is 0 Å². The summed E-state index contributed by atoms with van der Waals surface area (Å²) >= 11 is 0. The molecule has 14 heteroatoms. The topological polar surface area (TPSA) is 81.7 Å². The summed E-state index contributed by atoms with van der Waals surface area (Å²) in [7, 11) is 3.63. The van der Waals surface area contributed by atoms with Crippen molar-refractivity contribution < 1.29 is 26.3 Å². The fourth-order valence-electron chi connectivity index (χ4n) is 7.62. The second-order valence-electron chi connectivity index (χ2n) is 12.3. The van der Waals surface area contributed by atoms with E-state index in [1.54, 1.807) is 11.9 Å². The van der Waals surface area contributed by atoms with Crippen molar-refractivity contribution in [2.24, 2.45) is 17.8 Å². The monoisotopic (exact) mass is 568 g/mol. The maximum atomic E-state index is 13.3. The maximum absolute atomic E-state index is 13.3. The number of fused-ring (bicyclic) bond motifs is 1. The van der Waals surface area contributed by atoms with Crippen LogP contribution >= 0.6 is 0 Å². The van der Waals surface area contributed by atoms with Crippen molar-refractivity contribution in [2.75, 3.05) is 40.3 Å². The molecule has 8 nitrogen and oxygen atoms in total. The lowest BCUT2D eigenvalue weighted by Crippen LogP contribution is -2.69. The lowest BCUT2D eigenvalue weighted by Gasteiger charge is -2.45. The van der Waals surface area contributed by atoms with Crippen LogP contribution in [0.1, 0.15) is 44.9 Å². The summed E-state index contributed by atoms with van der Waals surface area (Å²) < 4.78 is 79.5. The molecule has 1 saturated carbocycles. The zero-order valence-corrected chi connectivity index (χ0v) is 22.6. The number of hydrogen-bond acceptors (Lipinski definition) is 6. The van der Waals surface area contributed by atoms with Gasteiger partial charge in [-0.1, -0.05) is 0 Å². The van der Waals surface area contributed by atoms with Gasteiger partial charge in [-0.2, -0.15) is 26.3 Å². The summed E-state index contributed by atoms with van der Waals surface area (Å²) in [4.78, 5) is 5.76. The fourth-order valence-corrected chi connectivity index (χ4v) is 7.62. The molecule has 7 unspecified atom stereocenters. The summed E-state index contributed by atoms with van der Waals surface area (Å²) in [6.45, 7) is 1.79. The van der Waals surface area contributed by atoms with Crippen molar-refractivity contribution in [3.63, 3.8) is 0 Å². The molecular formula is C25H42F6N8. The molecule has 224 valence electrons. The Labute approximate surface area is 226 Å². The summed E-state index contributed by atoms with van der Waals surface area (Å²) in [5.74, 6) is 0.650. The van der Waals surface area contributed by atoms with E-state index in [0.29, 0.717) is 37.9 Å². The van der Waals surface area contributed by atoms with E-state index in [9.17, 15) is 26.3 Å². The molecular weight excluding hydrogens is 526 g/mol. The smallest absolute Gasteiger partial charge is 0.338 e. The SMILES string of the molecule is CN1CC(C(F)(F)F)NC1C1CCC(CN2C(=N)N(C)C3CNC(C4CCCNC4CC(F)(F)F)NC32)CC1. The molecule has 5 aliphatic rings. The highest BCUT2D eigenvalue weighted by Gasteiger charge is 2.50. The van der Waals surface area contributed by atoms with Crippen LogP contribution in [0, 0.1) is 23.2 Å². The van der Waals surface area contributed by atoms with Gasteiger partial charge < -0.3 is 15.1 Å². The van der Waals surface area contributed by atoms with Gasteiger partial charge >= 0.3 is 12.4 Å². The third-order valence-electron chi connectivity index (χ3n) is 9.72. The summed E-state index contributed by atoms with van der Waals surface area (Å²) in [5.41, 5.74) is 0. The van der Waals surface area contributed by atoms with Gasteiger partial charge in [-0.25, -0.2) is 0 Å². The van der Waals surface area contributed by atoms with Gasteiger partial charge in [0.2, 0.25) is 0 Å². The number of guanidine groups is 1. The minimum atomic E-state index is -4.25. The van der Waals surface area contributed by atoms with Crippen LogP contribution in [-0.2, 0) is 0 Å². The number of piperidine rings is 1. The Morgan fingerprint density at radius 1 is 0.923 bits per heavy atom. The van der Waals surface area contributed by atoms with Crippen LogP contribution in [0.3, 0.4) is 0 Å². The second kappa shape index (κ2) is 11.1. The van der Waals surface area contributed by atoms with Gasteiger partial charge in [0.15, 0.2) is 5.96 Å². The Morgan fingerprint density at radius 3 is 2.28 bits per heavy atom. The molecule has 5 fully saturated rings. The number of halogens is 6. The van der Waals surface area contributed by atoms with Crippen molar-refractivity contribution >= 4 is 5.96 Å². The van der Waals surface area contributed by atoms with Gasteiger partial charge in [0.1, 0.15) is 12.2 Å². The third-order valence-corrected chi connectivity index (χ3v) is 9.72. The quantitative estimate of drug-likeness (QED) is 0.326. The third kappa shape index (κ3) is 6.29. The predicted molar refractivity (Wildman–Crippen MR) is 135 cm³/mol. The molecule has 0 amide bonds. The number of likely N-dealkylation sites (N-methyl/N-ethyl adjacent to an activating group) is 2. The molecule has 39 heavy (non-hydrogen) atoms. The van der Waals surface area contributed by atoms with E-state index in [1.165, 1.54) is 0 Å². The zero-order valence-electron chi connectivity index (χ0n) is 22.6. The Hall–Kier alpha value is -1.35. The minimum Gasteiger partial charge on any atom is -0.338 e. The predicted octanol–water partition coefficient (Wildman–Crippen LogP) is 2.30. The first-order valence-electron chi connectivity index (χ1n) is 14.2. The number of nitrogens with one attached hydrogen (secondary N) is 5. The molecule has 0 aromatic heterocycles. The molecule has 0 aromatic carbocycles. The molecule has 5 rings (SSSR count). The van der Waals surface area contributed by atoms with Crippen LogP contribution in [0.2, 0.25) is 0 Å². The van der Waals surface area contributed by atoms with Crippen LogP contribution < -0.4 is 21.3 Å². The molecule has 5 N–H and O–H groups in total. The molecule has 4 aliphatic heterocycles. The maximum Gasteiger partial charge on any atom is 0.405 e. The van der Waals surface area contributed by atoms with E-state index < -0.39 is 30.9 Å². The zero-order chi connectivity index (χ0) is 28.1. The number of nitrogens with zero attached hydrogens (tertiary/aromatic N) is 3. The van der Waals surface area contributed by atoms with Crippen LogP contribution in [-0.4, -0.2) is 110 Å². The van der Waals surface area contributed by atoms with Crippen LogP contribution in [0.5, 0.6) is 0 Å². The molecule has 0 aromatic rings. The second-order valence-corrected chi connectivity index (χ2v) is 12.3. The van der Waals surface area contributed by atoms with E-state index in [2.05, 4.69) is 26.2 Å². The lowest BCUT2D eigenvalue weighted by molar-refractivity contribution is -0.150. The average Bonchev–Trinajstić information content (AvgIpc) is 3.37.